The van der Waals surface area contributed by atoms with E-state index in [2.05, 4.69) is 10.2 Å². The second-order valence-electron chi connectivity index (χ2n) is 9.19. The molecule has 0 spiro atoms. The summed E-state index contributed by atoms with van der Waals surface area (Å²) in [7, 11) is 2.01. The van der Waals surface area contributed by atoms with Crippen LogP contribution in [0.25, 0.3) is 0 Å². The highest BCUT2D eigenvalue weighted by molar-refractivity contribution is 6.05. The molecule has 8 heteroatoms. The van der Waals surface area contributed by atoms with E-state index in [4.69, 9.17) is 0 Å². The van der Waals surface area contributed by atoms with Crippen LogP contribution >= 0.6 is 0 Å². The fourth-order valence-corrected chi connectivity index (χ4v) is 5.75. The number of carbonyl (C=O) groups is 3. The molecule has 4 rings (SSSR count). The Labute approximate surface area is 181 Å². The SMILES string of the molecule is CCC1(CC)CN(C)CCC1(O)c1ccc2c(c1F)CN(C1CCC(=O)NC1=O)C2=O. The van der Waals surface area contributed by atoms with Gasteiger partial charge in [0.1, 0.15) is 17.5 Å². The van der Waals surface area contributed by atoms with Crippen molar-refractivity contribution in [2.24, 2.45) is 5.41 Å². The fraction of sp³-hybridized carbons (Fsp3) is 0.609. The molecule has 3 aliphatic heterocycles. The van der Waals surface area contributed by atoms with Gasteiger partial charge in [0.15, 0.2) is 0 Å². The van der Waals surface area contributed by atoms with Crippen molar-refractivity contribution < 1.29 is 23.9 Å². The van der Waals surface area contributed by atoms with E-state index >= 15 is 4.39 Å². The summed E-state index contributed by atoms with van der Waals surface area (Å²) >= 11 is 0. The summed E-state index contributed by atoms with van der Waals surface area (Å²) in [5.41, 5.74) is -1.16. The molecule has 1 aromatic carbocycles. The van der Waals surface area contributed by atoms with Crippen LogP contribution < -0.4 is 5.32 Å². The van der Waals surface area contributed by atoms with Gasteiger partial charge in [-0.2, -0.15) is 0 Å². The van der Waals surface area contributed by atoms with E-state index < -0.39 is 34.7 Å². The molecule has 0 aromatic heterocycles. The predicted molar refractivity (Wildman–Crippen MR) is 111 cm³/mol. The Hall–Kier alpha value is -2.32. The maximum Gasteiger partial charge on any atom is 0.255 e. The zero-order valence-electron chi connectivity index (χ0n) is 18.3. The minimum absolute atomic E-state index is 0.0403. The maximum atomic E-state index is 15.9. The van der Waals surface area contributed by atoms with Crippen LogP contribution in [0.2, 0.25) is 0 Å². The van der Waals surface area contributed by atoms with Crippen molar-refractivity contribution in [1.29, 1.82) is 0 Å². The number of halogens is 1. The minimum Gasteiger partial charge on any atom is -0.384 e. The lowest BCUT2D eigenvalue weighted by Crippen LogP contribution is -2.57. The van der Waals surface area contributed by atoms with Gasteiger partial charge < -0.3 is 14.9 Å². The molecule has 2 unspecified atom stereocenters. The number of benzene rings is 1. The van der Waals surface area contributed by atoms with Crippen LogP contribution in [0.5, 0.6) is 0 Å². The van der Waals surface area contributed by atoms with Crippen molar-refractivity contribution in [3.63, 3.8) is 0 Å². The Bertz CT molecular complexity index is 945. The standard InChI is InChI=1S/C23H30FN3O4/c1-4-22(5-2)13-26(3)11-10-23(22,31)16-7-6-14-15(19(16)24)12-27(21(14)30)17-8-9-18(28)25-20(17)29/h6-7,17,31H,4-5,8-13H2,1-3H3,(H,25,28,29). The van der Waals surface area contributed by atoms with Crippen LogP contribution in [-0.2, 0) is 21.7 Å². The number of piperidine rings is 2. The first-order valence-corrected chi connectivity index (χ1v) is 11.0. The average Bonchev–Trinajstić information content (AvgIpc) is 3.07. The quantitative estimate of drug-likeness (QED) is 0.711. The van der Waals surface area contributed by atoms with Gasteiger partial charge in [-0.05, 0) is 38.8 Å². The van der Waals surface area contributed by atoms with E-state index in [0.717, 1.165) is 0 Å². The highest BCUT2D eigenvalue weighted by Crippen LogP contribution is 2.52. The number of amides is 3. The lowest BCUT2D eigenvalue weighted by Gasteiger charge is -2.53. The van der Waals surface area contributed by atoms with Gasteiger partial charge in [-0.25, -0.2) is 4.39 Å². The lowest BCUT2D eigenvalue weighted by atomic mass is 9.61. The molecule has 3 aliphatic rings. The molecule has 0 saturated carbocycles. The fourth-order valence-electron chi connectivity index (χ4n) is 5.75. The van der Waals surface area contributed by atoms with Crippen LogP contribution in [0.15, 0.2) is 12.1 Å². The third kappa shape index (κ3) is 3.19. The number of hydrogen-bond acceptors (Lipinski definition) is 5. The Morgan fingerprint density at radius 3 is 2.58 bits per heavy atom. The normalized spacial score (nSPS) is 28.6. The Balaban J connectivity index is 1.72. The van der Waals surface area contributed by atoms with Gasteiger partial charge in [0.25, 0.3) is 5.91 Å². The van der Waals surface area contributed by atoms with Gasteiger partial charge in [0, 0.05) is 41.6 Å². The first-order valence-electron chi connectivity index (χ1n) is 11.0. The number of nitrogens with zero attached hydrogens (tertiary/aromatic N) is 2. The van der Waals surface area contributed by atoms with E-state index in [-0.39, 0.29) is 42.0 Å². The number of carbonyl (C=O) groups excluding carboxylic acids is 3. The first-order chi connectivity index (χ1) is 14.7. The molecular weight excluding hydrogens is 401 g/mol. The summed E-state index contributed by atoms with van der Waals surface area (Å²) in [5.74, 6) is -1.86. The van der Waals surface area contributed by atoms with E-state index in [1.54, 1.807) is 12.1 Å². The molecular formula is C23H30FN3O4. The number of rotatable bonds is 4. The number of imide groups is 1. The molecule has 3 heterocycles. The number of fused-ring (bicyclic) bond motifs is 1. The first kappa shape index (κ1) is 21.9. The third-order valence-corrected chi connectivity index (χ3v) is 7.75. The zero-order valence-corrected chi connectivity index (χ0v) is 18.3. The molecule has 2 N–H and O–H groups in total. The molecule has 0 radical (unpaired) electrons. The highest BCUT2D eigenvalue weighted by atomic mass is 19.1. The van der Waals surface area contributed by atoms with Crippen LogP contribution in [0.3, 0.4) is 0 Å². The van der Waals surface area contributed by atoms with Crippen molar-refractivity contribution >= 4 is 17.7 Å². The smallest absolute Gasteiger partial charge is 0.255 e. The van der Waals surface area contributed by atoms with Gasteiger partial charge in [-0.3, -0.25) is 19.7 Å². The number of hydrogen-bond donors (Lipinski definition) is 2. The van der Waals surface area contributed by atoms with Gasteiger partial charge >= 0.3 is 0 Å². The van der Waals surface area contributed by atoms with Crippen molar-refractivity contribution in [3.8, 4) is 0 Å². The molecule has 7 nitrogen and oxygen atoms in total. The molecule has 3 amide bonds. The largest absolute Gasteiger partial charge is 0.384 e. The third-order valence-electron chi connectivity index (χ3n) is 7.75. The van der Waals surface area contributed by atoms with E-state index in [9.17, 15) is 19.5 Å². The number of aliphatic hydroxyl groups is 1. The Morgan fingerprint density at radius 2 is 1.94 bits per heavy atom. The van der Waals surface area contributed by atoms with Gasteiger partial charge in [0.2, 0.25) is 11.8 Å². The second-order valence-corrected chi connectivity index (χ2v) is 9.19. The second kappa shape index (κ2) is 7.67. The topological polar surface area (TPSA) is 89.9 Å². The Kier molecular flexibility index (Phi) is 5.42. The van der Waals surface area contributed by atoms with Crippen molar-refractivity contribution in [1.82, 2.24) is 15.1 Å². The van der Waals surface area contributed by atoms with Gasteiger partial charge in [0.05, 0.1) is 6.54 Å². The molecule has 0 bridgehead atoms. The summed E-state index contributed by atoms with van der Waals surface area (Å²) < 4.78 is 15.9. The summed E-state index contributed by atoms with van der Waals surface area (Å²) in [5, 5.41) is 14.1. The van der Waals surface area contributed by atoms with Crippen molar-refractivity contribution in [3.05, 3.63) is 34.6 Å². The van der Waals surface area contributed by atoms with Gasteiger partial charge in [-0.1, -0.05) is 19.9 Å². The van der Waals surface area contributed by atoms with E-state index in [1.165, 1.54) is 4.90 Å². The zero-order chi connectivity index (χ0) is 22.6. The van der Waals surface area contributed by atoms with Crippen LogP contribution in [0, 0.1) is 11.2 Å². The number of likely N-dealkylation sites (tertiary alicyclic amines) is 1. The van der Waals surface area contributed by atoms with E-state index in [1.807, 2.05) is 20.9 Å². The average molecular weight is 432 g/mol. The van der Waals surface area contributed by atoms with Crippen molar-refractivity contribution in [2.75, 3.05) is 20.1 Å². The van der Waals surface area contributed by atoms with E-state index in [0.29, 0.717) is 32.4 Å². The van der Waals surface area contributed by atoms with Crippen LogP contribution in [0.1, 0.15) is 67.4 Å². The maximum absolute atomic E-state index is 15.9. The molecule has 2 atom stereocenters. The summed E-state index contributed by atoms with van der Waals surface area (Å²) in [6, 6.07) is 2.33. The summed E-state index contributed by atoms with van der Waals surface area (Å²) in [6.07, 6.45) is 2.17. The Morgan fingerprint density at radius 1 is 1.23 bits per heavy atom. The van der Waals surface area contributed by atoms with Gasteiger partial charge in [-0.15, -0.1) is 0 Å². The monoisotopic (exact) mass is 431 g/mol. The van der Waals surface area contributed by atoms with Crippen LogP contribution in [-0.4, -0.2) is 58.8 Å². The molecule has 168 valence electrons. The highest BCUT2D eigenvalue weighted by Gasteiger charge is 2.54. The van der Waals surface area contributed by atoms with Crippen molar-refractivity contribution in [2.45, 2.75) is 64.1 Å². The molecule has 0 aliphatic carbocycles. The van der Waals surface area contributed by atoms with Crippen LogP contribution in [0.4, 0.5) is 4.39 Å². The summed E-state index contributed by atoms with van der Waals surface area (Å²) in [6.45, 7) is 5.31. The molecule has 31 heavy (non-hydrogen) atoms. The molecule has 2 saturated heterocycles. The summed E-state index contributed by atoms with van der Waals surface area (Å²) in [4.78, 5) is 40.2. The molecule has 1 aromatic rings. The minimum atomic E-state index is -1.34. The molecule has 2 fully saturated rings. The predicted octanol–water partition coefficient (Wildman–Crippen LogP) is 1.92. The lowest BCUT2D eigenvalue weighted by molar-refractivity contribution is -0.145. The number of nitrogens with one attached hydrogen (secondary N) is 1.